The Morgan fingerprint density at radius 2 is 1.43 bits per heavy atom. The van der Waals surface area contributed by atoms with Crippen LogP contribution < -0.4 is 15.2 Å². The van der Waals surface area contributed by atoms with E-state index < -0.39 is 48.1 Å². The van der Waals surface area contributed by atoms with Crippen LogP contribution in [-0.4, -0.2) is 53.2 Å². The van der Waals surface area contributed by atoms with E-state index >= 15 is 0 Å². The number of hydrogen-bond donors (Lipinski definition) is 2. The summed E-state index contributed by atoms with van der Waals surface area (Å²) >= 11 is 0. The van der Waals surface area contributed by atoms with Gasteiger partial charge in [0.25, 0.3) is 0 Å². The molecule has 0 saturated carbocycles. The van der Waals surface area contributed by atoms with Crippen LogP contribution in [0.2, 0.25) is 0 Å². The van der Waals surface area contributed by atoms with Crippen LogP contribution in [0.4, 0.5) is 9.59 Å². The zero-order valence-corrected chi connectivity index (χ0v) is 22.6. The molecule has 0 amide bonds. The number of benzene rings is 1. The molecule has 1 aromatic rings. The van der Waals surface area contributed by atoms with Crippen molar-refractivity contribution in [2.45, 2.75) is 98.0 Å². The highest BCUT2D eigenvalue weighted by Crippen LogP contribution is 2.31. The van der Waals surface area contributed by atoms with Gasteiger partial charge in [0.2, 0.25) is 0 Å². The van der Waals surface area contributed by atoms with Crippen molar-refractivity contribution in [2.24, 2.45) is 11.7 Å². The predicted molar refractivity (Wildman–Crippen MR) is 133 cm³/mol. The van der Waals surface area contributed by atoms with Gasteiger partial charge in [-0.3, -0.25) is 9.59 Å². The van der Waals surface area contributed by atoms with Crippen molar-refractivity contribution in [3.05, 3.63) is 23.8 Å². The first-order valence-electron chi connectivity index (χ1n) is 12.3. The second-order valence-electron chi connectivity index (χ2n) is 9.60. The van der Waals surface area contributed by atoms with Crippen LogP contribution in [-0.2, 0) is 30.2 Å². The molecule has 1 rings (SSSR count). The van der Waals surface area contributed by atoms with Gasteiger partial charge in [0.15, 0.2) is 11.5 Å². The van der Waals surface area contributed by atoms with Crippen molar-refractivity contribution in [3.63, 3.8) is 0 Å². The van der Waals surface area contributed by atoms with E-state index in [0.717, 1.165) is 6.42 Å². The molecular weight excluding hydrogens is 486 g/mol. The summed E-state index contributed by atoms with van der Waals surface area (Å²) in [7, 11) is 0. The Kier molecular flexibility index (Phi) is 12.3. The molecule has 0 saturated heterocycles. The fraction of sp³-hybridized carbons (Fsp3) is 0.615. The van der Waals surface area contributed by atoms with Crippen molar-refractivity contribution in [1.29, 1.82) is 0 Å². The molecule has 3 atom stereocenters. The second-order valence-corrected chi connectivity index (χ2v) is 9.60. The lowest BCUT2D eigenvalue weighted by molar-refractivity contribution is -0.156. The largest absolute Gasteiger partial charge is 0.514 e. The molecule has 0 aromatic heterocycles. The van der Waals surface area contributed by atoms with E-state index in [2.05, 4.69) is 0 Å². The molecule has 1 aromatic carbocycles. The lowest BCUT2D eigenvalue weighted by Gasteiger charge is -2.28. The highest BCUT2D eigenvalue weighted by atomic mass is 16.7. The molecule has 37 heavy (non-hydrogen) atoms. The van der Waals surface area contributed by atoms with E-state index in [-0.39, 0.29) is 30.3 Å². The Bertz CT molecular complexity index is 945. The van der Waals surface area contributed by atoms with Gasteiger partial charge in [-0.05, 0) is 58.7 Å². The van der Waals surface area contributed by atoms with Crippen molar-refractivity contribution >= 4 is 24.2 Å². The maximum atomic E-state index is 12.3. The number of carboxylic acids is 1. The van der Waals surface area contributed by atoms with E-state index in [9.17, 15) is 24.3 Å². The van der Waals surface area contributed by atoms with Crippen molar-refractivity contribution in [1.82, 2.24) is 0 Å². The molecule has 0 fully saturated rings. The summed E-state index contributed by atoms with van der Waals surface area (Å²) in [6.07, 6.45) is -2.67. The van der Waals surface area contributed by atoms with Crippen LogP contribution in [0, 0.1) is 5.92 Å². The number of esters is 1. The molecule has 0 spiro atoms. The quantitative estimate of drug-likeness (QED) is 0.210. The lowest BCUT2D eigenvalue weighted by Crippen LogP contribution is -2.52. The van der Waals surface area contributed by atoms with Gasteiger partial charge < -0.3 is 34.5 Å². The summed E-state index contributed by atoms with van der Waals surface area (Å²) < 4.78 is 25.7. The molecule has 0 heterocycles. The third-order valence-electron chi connectivity index (χ3n) is 5.10. The van der Waals surface area contributed by atoms with Gasteiger partial charge >= 0.3 is 24.2 Å². The zero-order valence-electron chi connectivity index (χ0n) is 22.6. The first-order valence-corrected chi connectivity index (χ1v) is 12.3. The van der Waals surface area contributed by atoms with Crippen LogP contribution in [0.15, 0.2) is 18.2 Å². The van der Waals surface area contributed by atoms with Gasteiger partial charge in [-0.1, -0.05) is 26.3 Å². The molecular formula is C26H39NO10. The minimum Gasteiger partial charge on any atom is -0.480 e. The van der Waals surface area contributed by atoms with Gasteiger partial charge in [0.05, 0.1) is 18.1 Å². The summed E-state index contributed by atoms with van der Waals surface area (Å²) in [5.74, 6) is -2.37. The maximum Gasteiger partial charge on any atom is 0.514 e. The van der Waals surface area contributed by atoms with E-state index in [0.29, 0.717) is 12.0 Å². The van der Waals surface area contributed by atoms with Crippen LogP contribution in [0.1, 0.15) is 73.3 Å². The standard InChI is InChI=1S/C26H39NO10/c1-8-9-17(6)22(28)35-18(7)13-26(27,23(29)30)14-19-10-11-20(36-24(31)33-15(2)3)21(12-19)37-25(32)34-16(4)5/h10-12,15-18H,8-9,13-14,27H2,1-7H3,(H,29,30)/t17?,18-,26?/m0/s1. The number of rotatable bonds is 13. The molecule has 3 N–H and O–H groups in total. The van der Waals surface area contributed by atoms with Gasteiger partial charge in [0, 0.05) is 12.8 Å². The molecule has 11 heteroatoms. The van der Waals surface area contributed by atoms with Crippen molar-refractivity contribution in [3.8, 4) is 11.5 Å². The summed E-state index contributed by atoms with van der Waals surface area (Å²) in [4.78, 5) is 48.5. The Labute approximate surface area is 217 Å². The normalized spacial score (nSPS) is 14.3. The highest BCUT2D eigenvalue weighted by molar-refractivity contribution is 5.79. The monoisotopic (exact) mass is 525 g/mol. The molecule has 0 bridgehead atoms. The van der Waals surface area contributed by atoms with Crippen LogP contribution in [0.3, 0.4) is 0 Å². The van der Waals surface area contributed by atoms with Crippen LogP contribution in [0.25, 0.3) is 0 Å². The number of nitrogens with two attached hydrogens (primary N) is 1. The Morgan fingerprint density at radius 1 is 0.892 bits per heavy atom. The third kappa shape index (κ3) is 11.1. The predicted octanol–water partition coefficient (Wildman–Crippen LogP) is 4.62. The first kappa shape index (κ1) is 31.7. The summed E-state index contributed by atoms with van der Waals surface area (Å²) in [5, 5.41) is 9.88. The van der Waals surface area contributed by atoms with E-state index in [1.807, 2.05) is 6.92 Å². The molecule has 0 radical (unpaired) electrons. The van der Waals surface area contributed by atoms with E-state index in [1.54, 1.807) is 41.5 Å². The Morgan fingerprint density at radius 3 is 1.92 bits per heavy atom. The minimum absolute atomic E-state index is 0.139. The van der Waals surface area contributed by atoms with Gasteiger partial charge in [0.1, 0.15) is 11.6 Å². The fourth-order valence-corrected chi connectivity index (χ4v) is 3.46. The summed E-state index contributed by atoms with van der Waals surface area (Å²) in [6, 6.07) is 4.13. The van der Waals surface area contributed by atoms with Crippen LogP contribution >= 0.6 is 0 Å². The average Bonchev–Trinajstić information content (AvgIpc) is 2.74. The van der Waals surface area contributed by atoms with Crippen molar-refractivity contribution < 1.29 is 48.0 Å². The van der Waals surface area contributed by atoms with Gasteiger partial charge in [-0.25, -0.2) is 9.59 Å². The third-order valence-corrected chi connectivity index (χ3v) is 5.10. The summed E-state index contributed by atoms with van der Waals surface area (Å²) in [5.41, 5.74) is 4.79. The molecule has 0 aliphatic heterocycles. The Hall–Kier alpha value is -3.34. The zero-order chi connectivity index (χ0) is 28.3. The SMILES string of the molecule is CCCC(C)C(=O)O[C@@H](C)CC(N)(Cc1ccc(OC(=O)OC(C)C)c(OC(=O)OC(C)C)c1)C(=O)O. The molecule has 2 unspecified atom stereocenters. The maximum absolute atomic E-state index is 12.3. The van der Waals surface area contributed by atoms with Gasteiger partial charge in [-0.15, -0.1) is 0 Å². The molecule has 208 valence electrons. The second kappa shape index (κ2) is 14.4. The Balaban J connectivity index is 3.17. The van der Waals surface area contributed by atoms with Gasteiger partial charge in [-0.2, -0.15) is 0 Å². The number of hydrogen-bond acceptors (Lipinski definition) is 10. The first-order chi connectivity index (χ1) is 17.2. The minimum atomic E-state index is -1.82. The number of aliphatic carboxylic acids is 1. The lowest BCUT2D eigenvalue weighted by atomic mass is 9.86. The van der Waals surface area contributed by atoms with E-state index in [1.165, 1.54) is 18.2 Å². The molecule has 11 nitrogen and oxygen atoms in total. The fourth-order valence-electron chi connectivity index (χ4n) is 3.46. The highest BCUT2D eigenvalue weighted by Gasteiger charge is 2.37. The molecule has 0 aliphatic carbocycles. The number of carboxylic acid groups (broad SMARTS) is 1. The van der Waals surface area contributed by atoms with E-state index in [4.69, 9.17) is 29.4 Å². The topological polar surface area (TPSA) is 161 Å². The number of ether oxygens (including phenoxy) is 5. The smallest absolute Gasteiger partial charge is 0.480 e. The van der Waals surface area contributed by atoms with Crippen LogP contribution in [0.5, 0.6) is 11.5 Å². The molecule has 0 aliphatic rings. The summed E-state index contributed by atoms with van der Waals surface area (Å²) in [6.45, 7) is 11.8. The number of carbonyl (C=O) groups excluding carboxylic acids is 3. The average molecular weight is 526 g/mol. The number of carbonyl (C=O) groups is 4. The van der Waals surface area contributed by atoms with Crippen molar-refractivity contribution in [2.75, 3.05) is 0 Å².